The van der Waals surface area contributed by atoms with Gasteiger partial charge < -0.3 is 0 Å². The molecule has 0 bridgehead atoms. The van der Waals surface area contributed by atoms with Gasteiger partial charge in [0.2, 0.25) is 5.16 Å². The van der Waals surface area contributed by atoms with Crippen LogP contribution in [0.25, 0.3) is 0 Å². The summed E-state index contributed by atoms with van der Waals surface area (Å²) in [5.74, 6) is 1.12. The Hall–Kier alpha value is -0.100. The van der Waals surface area contributed by atoms with Crippen LogP contribution < -0.4 is 0 Å². The fraction of sp³-hybridized carbons (Fsp3) is 0.857. The quantitative estimate of drug-likeness (QED) is 0.609. The molecular weight excluding hydrogens is 252 g/mol. The van der Waals surface area contributed by atoms with Crippen molar-refractivity contribution in [2.45, 2.75) is 18.0 Å². The van der Waals surface area contributed by atoms with Gasteiger partial charge in [-0.2, -0.15) is 0 Å². The van der Waals surface area contributed by atoms with Crippen LogP contribution in [0, 0.1) is 5.41 Å². The second-order valence-electron chi connectivity index (χ2n) is 3.51. The molecule has 1 aliphatic carbocycles. The molecule has 0 aromatic carbocycles. The SMILES string of the molecule is Cn1nnnc1SCC1(CBr)CC1. The minimum absolute atomic E-state index is 0.524. The van der Waals surface area contributed by atoms with E-state index in [1.807, 2.05) is 7.05 Å². The fourth-order valence-corrected chi connectivity index (χ4v) is 3.22. The van der Waals surface area contributed by atoms with Gasteiger partial charge >= 0.3 is 0 Å². The van der Waals surface area contributed by atoms with E-state index in [2.05, 4.69) is 31.5 Å². The average Bonchev–Trinajstić information content (AvgIpc) is 2.82. The van der Waals surface area contributed by atoms with Gasteiger partial charge in [-0.25, -0.2) is 4.68 Å². The molecule has 1 saturated carbocycles. The van der Waals surface area contributed by atoms with Crippen molar-refractivity contribution < 1.29 is 0 Å². The number of rotatable bonds is 4. The maximum atomic E-state index is 3.93. The molecule has 0 unspecified atom stereocenters. The summed E-state index contributed by atoms with van der Waals surface area (Å²) in [6.45, 7) is 0. The zero-order valence-electron chi connectivity index (χ0n) is 7.40. The van der Waals surface area contributed by atoms with Crippen LogP contribution in [0.15, 0.2) is 5.16 Å². The van der Waals surface area contributed by atoms with Gasteiger partial charge in [0.15, 0.2) is 0 Å². The first-order valence-corrected chi connectivity index (χ1v) is 6.28. The number of alkyl halides is 1. The number of hydrogen-bond donors (Lipinski definition) is 0. The normalized spacial score (nSPS) is 18.9. The van der Waals surface area contributed by atoms with E-state index in [1.165, 1.54) is 12.8 Å². The molecule has 2 rings (SSSR count). The van der Waals surface area contributed by atoms with Gasteiger partial charge in [0.25, 0.3) is 0 Å². The van der Waals surface area contributed by atoms with Crippen LogP contribution in [-0.2, 0) is 7.05 Å². The minimum atomic E-state index is 0.524. The monoisotopic (exact) mass is 262 g/mol. The molecule has 0 amide bonds. The molecule has 1 aromatic heterocycles. The molecular formula is C7H11BrN4S. The maximum absolute atomic E-state index is 3.93. The second-order valence-corrected chi connectivity index (χ2v) is 5.01. The first-order chi connectivity index (χ1) is 6.26. The highest BCUT2D eigenvalue weighted by Gasteiger charge is 2.41. The molecule has 0 spiro atoms. The lowest BCUT2D eigenvalue weighted by Crippen LogP contribution is -2.06. The molecule has 1 aromatic rings. The van der Waals surface area contributed by atoms with Crippen molar-refractivity contribution >= 4 is 27.7 Å². The van der Waals surface area contributed by atoms with Crippen molar-refractivity contribution in [3.63, 3.8) is 0 Å². The third kappa shape index (κ3) is 2.04. The average molecular weight is 263 g/mol. The Labute approximate surface area is 89.6 Å². The van der Waals surface area contributed by atoms with Gasteiger partial charge in [0, 0.05) is 18.1 Å². The molecule has 72 valence electrons. The number of halogens is 1. The summed E-state index contributed by atoms with van der Waals surface area (Å²) in [5, 5.41) is 13.3. The fourth-order valence-electron chi connectivity index (χ4n) is 1.05. The zero-order valence-corrected chi connectivity index (χ0v) is 9.81. The lowest BCUT2D eigenvalue weighted by Gasteiger charge is -2.08. The summed E-state index contributed by atoms with van der Waals surface area (Å²) >= 11 is 5.29. The molecule has 0 radical (unpaired) electrons. The van der Waals surface area contributed by atoms with Crippen molar-refractivity contribution in [2.75, 3.05) is 11.1 Å². The van der Waals surface area contributed by atoms with E-state index in [0.717, 1.165) is 16.2 Å². The van der Waals surface area contributed by atoms with Crippen LogP contribution in [-0.4, -0.2) is 31.3 Å². The molecule has 0 aliphatic heterocycles. The summed E-state index contributed by atoms with van der Waals surface area (Å²) < 4.78 is 1.72. The van der Waals surface area contributed by atoms with Crippen molar-refractivity contribution in [3.8, 4) is 0 Å². The molecule has 1 fully saturated rings. The molecule has 0 N–H and O–H groups in total. The predicted molar refractivity (Wildman–Crippen MR) is 55.0 cm³/mol. The highest BCUT2D eigenvalue weighted by Crippen LogP contribution is 2.49. The zero-order chi connectivity index (χ0) is 9.31. The van der Waals surface area contributed by atoms with Gasteiger partial charge in [-0.3, -0.25) is 0 Å². The van der Waals surface area contributed by atoms with E-state index in [4.69, 9.17) is 0 Å². The second kappa shape index (κ2) is 3.57. The van der Waals surface area contributed by atoms with E-state index < -0.39 is 0 Å². The van der Waals surface area contributed by atoms with E-state index in [-0.39, 0.29) is 0 Å². The number of thioether (sulfide) groups is 1. The van der Waals surface area contributed by atoms with E-state index in [9.17, 15) is 0 Å². The lowest BCUT2D eigenvalue weighted by molar-refractivity contribution is 0.655. The maximum Gasteiger partial charge on any atom is 0.209 e. The molecule has 13 heavy (non-hydrogen) atoms. The van der Waals surface area contributed by atoms with E-state index in [0.29, 0.717) is 5.41 Å². The summed E-state index contributed by atoms with van der Waals surface area (Å²) in [5.41, 5.74) is 0.524. The molecule has 0 atom stereocenters. The minimum Gasteiger partial charge on any atom is -0.224 e. The summed E-state index contributed by atoms with van der Waals surface area (Å²) in [4.78, 5) is 0. The van der Waals surface area contributed by atoms with E-state index in [1.54, 1.807) is 16.4 Å². The number of tetrazole rings is 1. The number of nitrogens with zero attached hydrogens (tertiary/aromatic N) is 4. The molecule has 1 aliphatic rings. The Morgan fingerprint density at radius 3 is 2.85 bits per heavy atom. The Morgan fingerprint density at radius 1 is 1.62 bits per heavy atom. The summed E-state index contributed by atoms with van der Waals surface area (Å²) in [6.07, 6.45) is 2.66. The van der Waals surface area contributed by atoms with Gasteiger partial charge in [-0.15, -0.1) is 5.10 Å². The Balaban J connectivity index is 1.90. The van der Waals surface area contributed by atoms with Crippen LogP contribution >= 0.6 is 27.7 Å². The number of aromatic nitrogens is 4. The molecule has 1 heterocycles. The smallest absolute Gasteiger partial charge is 0.209 e. The highest BCUT2D eigenvalue weighted by molar-refractivity contribution is 9.09. The Bertz CT molecular complexity index is 296. The Kier molecular flexibility index (Phi) is 2.60. The highest BCUT2D eigenvalue weighted by atomic mass is 79.9. The van der Waals surface area contributed by atoms with Crippen LogP contribution in [0.2, 0.25) is 0 Å². The standard InChI is InChI=1S/C7H11BrN4S/c1-12-6(9-10-11-12)13-5-7(4-8)2-3-7/h2-5H2,1H3. The number of hydrogen-bond acceptors (Lipinski definition) is 4. The lowest BCUT2D eigenvalue weighted by atomic mass is 10.2. The summed E-state index contributed by atoms with van der Waals surface area (Å²) in [7, 11) is 1.87. The van der Waals surface area contributed by atoms with Crippen LogP contribution in [0.4, 0.5) is 0 Å². The van der Waals surface area contributed by atoms with Gasteiger partial charge in [-0.05, 0) is 28.7 Å². The molecule has 4 nitrogen and oxygen atoms in total. The van der Waals surface area contributed by atoms with Crippen molar-refractivity contribution in [3.05, 3.63) is 0 Å². The first kappa shape index (κ1) is 9.45. The van der Waals surface area contributed by atoms with E-state index >= 15 is 0 Å². The van der Waals surface area contributed by atoms with Crippen molar-refractivity contribution in [1.82, 2.24) is 20.2 Å². The first-order valence-electron chi connectivity index (χ1n) is 4.17. The van der Waals surface area contributed by atoms with Crippen LogP contribution in [0.1, 0.15) is 12.8 Å². The summed E-state index contributed by atoms with van der Waals surface area (Å²) in [6, 6.07) is 0. The van der Waals surface area contributed by atoms with Gasteiger partial charge in [0.05, 0.1) is 0 Å². The van der Waals surface area contributed by atoms with Gasteiger partial charge in [-0.1, -0.05) is 27.7 Å². The van der Waals surface area contributed by atoms with Crippen molar-refractivity contribution in [1.29, 1.82) is 0 Å². The van der Waals surface area contributed by atoms with Crippen LogP contribution in [0.3, 0.4) is 0 Å². The largest absolute Gasteiger partial charge is 0.224 e. The van der Waals surface area contributed by atoms with Crippen molar-refractivity contribution in [2.24, 2.45) is 12.5 Å². The van der Waals surface area contributed by atoms with Gasteiger partial charge in [0.1, 0.15) is 0 Å². The molecule has 0 saturated heterocycles. The van der Waals surface area contributed by atoms with Crippen LogP contribution in [0.5, 0.6) is 0 Å². The molecule has 6 heteroatoms. The third-order valence-electron chi connectivity index (χ3n) is 2.33. The third-order valence-corrected chi connectivity index (χ3v) is 4.88. The number of aryl methyl sites for hydroxylation is 1. The topological polar surface area (TPSA) is 43.6 Å². The predicted octanol–water partition coefficient (Wildman–Crippen LogP) is 1.48. The Morgan fingerprint density at radius 2 is 2.38 bits per heavy atom.